The maximum Gasteiger partial charge on any atom is 0.433 e. The summed E-state index contributed by atoms with van der Waals surface area (Å²) in [6.45, 7) is 1.97. The van der Waals surface area contributed by atoms with Gasteiger partial charge in [0.15, 0.2) is 22.8 Å². The molecule has 39 heavy (non-hydrogen) atoms. The van der Waals surface area contributed by atoms with Crippen molar-refractivity contribution in [2.75, 3.05) is 14.2 Å². The van der Waals surface area contributed by atoms with E-state index in [4.69, 9.17) is 25.8 Å². The molecule has 2 aromatic heterocycles. The highest BCUT2D eigenvalue weighted by Gasteiger charge is 2.36. The Balaban J connectivity index is 1.55. The van der Waals surface area contributed by atoms with Gasteiger partial charge in [-0.25, -0.2) is 9.50 Å². The van der Waals surface area contributed by atoms with Crippen LogP contribution in [0.15, 0.2) is 72.8 Å². The Hall–Kier alpha value is -4.24. The Bertz CT molecular complexity index is 1630. The second-order valence-electron chi connectivity index (χ2n) is 8.73. The van der Waals surface area contributed by atoms with E-state index in [-0.39, 0.29) is 11.3 Å². The largest absolute Gasteiger partial charge is 0.493 e. The van der Waals surface area contributed by atoms with Gasteiger partial charge >= 0.3 is 6.18 Å². The molecule has 0 aliphatic heterocycles. The van der Waals surface area contributed by atoms with Crippen LogP contribution >= 0.6 is 11.6 Å². The molecule has 0 bridgehead atoms. The van der Waals surface area contributed by atoms with E-state index in [1.807, 2.05) is 12.1 Å². The molecule has 0 amide bonds. The van der Waals surface area contributed by atoms with E-state index in [1.165, 1.54) is 14.2 Å². The van der Waals surface area contributed by atoms with Crippen LogP contribution in [0.2, 0.25) is 5.02 Å². The van der Waals surface area contributed by atoms with E-state index < -0.39 is 11.9 Å². The van der Waals surface area contributed by atoms with Gasteiger partial charge in [0.2, 0.25) is 0 Å². The molecule has 2 heterocycles. The van der Waals surface area contributed by atoms with Gasteiger partial charge in [0.1, 0.15) is 12.4 Å². The lowest BCUT2D eigenvalue weighted by Gasteiger charge is -2.13. The number of hydrogen-bond acceptors (Lipinski definition) is 5. The summed E-state index contributed by atoms with van der Waals surface area (Å²) in [5, 5.41) is 4.83. The first-order valence-electron chi connectivity index (χ1n) is 11.9. The normalized spacial score (nSPS) is 11.6. The molecule has 0 aliphatic carbocycles. The van der Waals surface area contributed by atoms with Crippen LogP contribution in [-0.2, 0) is 12.8 Å². The summed E-state index contributed by atoms with van der Waals surface area (Å²) in [7, 11) is 3.00. The standard InChI is InChI=1S/C29H23ClF3N3O3/c1-17-27(20-8-13-24(37-2)25(14-20)38-3)28-34-23(15-26(29(31,32)33)36(28)35-17)19-6-11-22(12-7-19)39-16-18-4-9-21(30)10-5-18/h4-15H,16H2,1-3H3. The Labute approximate surface area is 227 Å². The maximum atomic E-state index is 14.2. The molecule has 0 N–H and O–H groups in total. The van der Waals surface area contributed by atoms with E-state index in [9.17, 15) is 13.2 Å². The van der Waals surface area contributed by atoms with E-state index >= 15 is 0 Å². The van der Waals surface area contributed by atoms with Gasteiger partial charge in [-0.3, -0.25) is 0 Å². The van der Waals surface area contributed by atoms with Crippen LogP contribution < -0.4 is 14.2 Å². The van der Waals surface area contributed by atoms with Gasteiger partial charge in [-0.05, 0) is 72.6 Å². The molecule has 0 radical (unpaired) electrons. The lowest BCUT2D eigenvalue weighted by molar-refractivity contribution is -0.142. The van der Waals surface area contributed by atoms with Gasteiger partial charge in [0, 0.05) is 16.1 Å². The van der Waals surface area contributed by atoms with Crippen molar-refractivity contribution in [3.63, 3.8) is 0 Å². The fraction of sp³-hybridized carbons (Fsp3) is 0.172. The molecule has 0 unspecified atom stereocenters. The summed E-state index contributed by atoms with van der Waals surface area (Å²) in [4.78, 5) is 4.62. The summed E-state index contributed by atoms with van der Waals surface area (Å²) in [6, 6.07) is 20.1. The highest BCUT2D eigenvalue weighted by molar-refractivity contribution is 6.30. The number of ether oxygens (including phenoxy) is 3. The van der Waals surface area contributed by atoms with Gasteiger partial charge < -0.3 is 14.2 Å². The number of methoxy groups -OCH3 is 2. The van der Waals surface area contributed by atoms with Crippen molar-refractivity contribution in [2.24, 2.45) is 0 Å². The number of fused-ring (bicyclic) bond motifs is 1. The number of aryl methyl sites for hydroxylation is 1. The number of halogens is 4. The van der Waals surface area contributed by atoms with Crippen molar-refractivity contribution in [2.45, 2.75) is 19.7 Å². The molecular weight excluding hydrogens is 531 g/mol. The lowest BCUT2D eigenvalue weighted by Crippen LogP contribution is -2.13. The molecule has 0 fully saturated rings. The van der Waals surface area contributed by atoms with Crippen LogP contribution in [0.3, 0.4) is 0 Å². The Morgan fingerprint density at radius 3 is 2.15 bits per heavy atom. The van der Waals surface area contributed by atoms with Gasteiger partial charge in [0.25, 0.3) is 0 Å². The molecule has 0 saturated carbocycles. The third-order valence-electron chi connectivity index (χ3n) is 6.20. The summed E-state index contributed by atoms with van der Waals surface area (Å²) >= 11 is 5.92. The van der Waals surface area contributed by atoms with Crippen LogP contribution in [0.1, 0.15) is 17.0 Å². The number of nitrogens with zero attached hydrogens (tertiary/aromatic N) is 3. The summed E-state index contributed by atoms with van der Waals surface area (Å²) in [6.07, 6.45) is -4.66. The molecule has 6 nitrogen and oxygen atoms in total. The molecule has 10 heteroatoms. The van der Waals surface area contributed by atoms with E-state index in [0.29, 0.717) is 51.3 Å². The summed E-state index contributed by atoms with van der Waals surface area (Å²) in [5.74, 6) is 1.51. The molecule has 5 aromatic rings. The first-order valence-corrected chi connectivity index (χ1v) is 12.2. The van der Waals surface area contributed by atoms with Crippen LogP contribution in [0.25, 0.3) is 28.0 Å². The van der Waals surface area contributed by atoms with Crippen molar-refractivity contribution < 1.29 is 27.4 Å². The molecule has 5 rings (SSSR count). The Morgan fingerprint density at radius 1 is 0.846 bits per heavy atom. The van der Waals surface area contributed by atoms with Crippen LogP contribution in [0, 0.1) is 6.92 Å². The minimum atomic E-state index is -4.66. The molecule has 0 atom stereocenters. The fourth-order valence-electron chi connectivity index (χ4n) is 4.27. The first kappa shape index (κ1) is 26.4. The smallest absolute Gasteiger partial charge is 0.433 e. The Kier molecular flexibility index (Phi) is 7.10. The van der Waals surface area contributed by atoms with E-state index in [0.717, 1.165) is 16.1 Å². The van der Waals surface area contributed by atoms with Crippen molar-refractivity contribution in [3.05, 3.63) is 94.8 Å². The second-order valence-corrected chi connectivity index (χ2v) is 9.17. The molecule has 0 aliphatic rings. The summed E-state index contributed by atoms with van der Waals surface area (Å²) in [5.41, 5.74) is 2.19. The zero-order valence-corrected chi connectivity index (χ0v) is 22.0. The highest BCUT2D eigenvalue weighted by atomic mass is 35.5. The van der Waals surface area contributed by atoms with Crippen LogP contribution in [-0.4, -0.2) is 28.8 Å². The summed E-state index contributed by atoms with van der Waals surface area (Å²) < 4.78 is 59.9. The fourth-order valence-corrected chi connectivity index (χ4v) is 4.40. The van der Waals surface area contributed by atoms with Crippen molar-refractivity contribution in [1.29, 1.82) is 0 Å². The van der Waals surface area contributed by atoms with E-state index in [2.05, 4.69) is 10.1 Å². The predicted molar refractivity (Wildman–Crippen MR) is 142 cm³/mol. The minimum Gasteiger partial charge on any atom is -0.493 e. The van der Waals surface area contributed by atoms with Gasteiger partial charge in [-0.1, -0.05) is 29.8 Å². The molecule has 3 aromatic carbocycles. The topological polar surface area (TPSA) is 57.9 Å². The molecule has 200 valence electrons. The highest BCUT2D eigenvalue weighted by Crippen LogP contribution is 2.38. The third kappa shape index (κ3) is 5.35. The van der Waals surface area contributed by atoms with Crippen LogP contribution in [0.5, 0.6) is 17.2 Å². The van der Waals surface area contributed by atoms with Crippen LogP contribution in [0.4, 0.5) is 13.2 Å². The third-order valence-corrected chi connectivity index (χ3v) is 6.45. The number of hydrogen-bond donors (Lipinski definition) is 0. The zero-order chi connectivity index (χ0) is 27.7. The van der Waals surface area contributed by atoms with Crippen molar-refractivity contribution in [1.82, 2.24) is 14.6 Å². The van der Waals surface area contributed by atoms with Crippen molar-refractivity contribution in [3.8, 4) is 39.6 Å². The quantitative estimate of drug-likeness (QED) is 0.207. The maximum absolute atomic E-state index is 14.2. The van der Waals surface area contributed by atoms with Crippen molar-refractivity contribution >= 4 is 17.2 Å². The SMILES string of the molecule is COc1ccc(-c2c(C)nn3c(C(F)(F)F)cc(-c4ccc(OCc5ccc(Cl)cc5)cc4)nc23)cc1OC. The van der Waals surface area contributed by atoms with E-state index in [1.54, 1.807) is 61.5 Å². The number of rotatable bonds is 7. The van der Waals surface area contributed by atoms with Gasteiger partial charge in [-0.15, -0.1) is 0 Å². The second kappa shape index (κ2) is 10.5. The zero-order valence-electron chi connectivity index (χ0n) is 21.2. The molecular formula is C29H23ClF3N3O3. The van der Waals surface area contributed by atoms with Gasteiger partial charge in [0.05, 0.1) is 25.6 Å². The molecule has 0 saturated heterocycles. The molecule has 0 spiro atoms. The average molecular weight is 554 g/mol. The number of aromatic nitrogens is 3. The number of benzene rings is 3. The lowest BCUT2D eigenvalue weighted by atomic mass is 10.0. The first-order chi connectivity index (χ1) is 18.7. The minimum absolute atomic E-state index is 0.0765. The monoisotopic (exact) mass is 553 g/mol. The average Bonchev–Trinajstić information content (AvgIpc) is 3.27. The Morgan fingerprint density at radius 2 is 1.51 bits per heavy atom. The predicted octanol–water partition coefficient (Wildman–Crippen LogP) is 7.64. The number of alkyl halides is 3. The van der Waals surface area contributed by atoms with Gasteiger partial charge in [-0.2, -0.15) is 18.3 Å².